The van der Waals surface area contributed by atoms with Gasteiger partial charge in [-0.25, -0.2) is 4.98 Å². The van der Waals surface area contributed by atoms with Crippen LogP contribution in [0.25, 0.3) is 0 Å². The number of aryl methyl sites for hydroxylation is 1. The van der Waals surface area contributed by atoms with Crippen LogP contribution in [0.3, 0.4) is 0 Å². The number of hydrogen-bond donors (Lipinski definition) is 1. The Bertz CT molecular complexity index is 581. The zero-order valence-corrected chi connectivity index (χ0v) is 11.9. The first-order chi connectivity index (χ1) is 9.06. The molecular weight excluding hydrogens is 284 g/mol. The Labute approximate surface area is 120 Å². The highest BCUT2D eigenvalue weighted by molar-refractivity contribution is 7.99. The predicted octanol–water partition coefficient (Wildman–Crippen LogP) is 3.07. The second kappa shape index (κ2) is 6.12. The lowest BCUT2D eigenvalue weighted by Crippen LogP contribution is -2.05. The number of carbonyl (C=O) groups is 1. The number of aromatic nitrogens is 2. The highest BCUT2D eigenvalue weighted by Crippen LogP contribution is 2.20. The summed E-state index contributed by atoms with van der Waals surface area (Å²) in [5.41, 5.74) is 2.10. The van der Waals surface area contributed by atoms with Gasteiger partial charge in [-0.05, 0) is 24.6 Å². The average molecular weight is 297 g/mol. The molecule has 0 spiro atoms. The molecule has 0 saturated carbocycles. The van der Waals surface area contributed by atoms with Crippen molar-refractivity contribution in [3.8, 4) is 0 Å². The molecule has 0 radical (unpaired) electrons. The van der Waals surface area contributed by atoms with Crippen molar-refractivity contribution >= 4 is 29.3 Å². The summed E-state index contributed by atoms with van der Waals surface area (Å²) in [6, 6.07) is 7.58. The average Bonchev–Trinajstić information content (AvgIpc) is 2.71. The van der Waals surface area contributed by atoms with Crippen molar-refractivity contribution < 1.29 is 9.90 Å². The zero-order valence-electron chi connectivity index (χ0n) is 10.3. The van der Waals surface area contributed by atoms with Crippen LogP contribution >= 0.6 is 23.4 Å². The summed E-state index contributed by atoms with van der Waals surface area (Å²) in [5.74, 6) is -0.833. The van der Waals surface area contributed by atoms with Crippen LogP contribution < -0.4 is 0 Å². The molecule has 0 bridgehead atoms. The number of benzene rings is 1. The molecule has 1 N–H and O–H groups in total. The molecule has 0 amide bonds. The van der Waals surface area contributed by atoms with Crippen LogP contribution in [0.5, 0.6) is 0 Å². The van der Waals surface area contributed by atoms with Gasteiger partial charge in [0.05, 0.1) is 5.75 Å². The Morgan fingerprint density at radius 1 is 1.42 bits per heavy atom. The monoisotopic (exact) mass is 296 g/mol. The minimum absolute atomic E-state index is 0.0110. The molecule has 0 aliphatic rings. The van der Waals surface area contributed by atoms with Crippen LogP contribution in [-0.2, 0) is 11.3 Å². The molecule has 1 aromatic heterocycles. The summed E-state index contributed by atoms with van der Waals surface area (Å²) in [6.07, 6.45) is 1.75. The number of rotatable bonds is 5. The highest BCUT2D eigenvalue weighted by atomic mass is 35.5. The molecule has 0 atom stereocenters. The summed E-state index contributed by atoms with van der Waals surface area (Å²) in [5, 5.41) is 10.1. The van der Waals surface area contributed by atoms with Crippen LogP contribution in [0.2, 0.25) is 5.02 Å². The van der Waals surface area contributed by atoms with E-state index in [9.17, 15) is 4.79 Å². The highest BCUT2D eigenvalue weighted by Gasteiger charge is 2.10. The first kappa shape index (κ1) is 14.0. The molecule has 19 heavy (non-hydrogen) atoms. The summed E-state index contributed by atoms with van der Waals surface area (Å²) in [7, 11) is 0. The lowest BCUT2D eigenvalue weighted by atomic mass is 10.2. The molecule has 2 aromatic rings. The molecule has 0 saturated heterocycles. The number of thioether (sulfide) groups is 1. The van der Waals surface area contributed by atoms with E-state index in [1.807, 2.05) is 35.8 Å². The van der Waals surface area contributed by atoms with Crippen molar-refractivity contribution in [2.75, 3.05) is 5.75 Å². The number of aliphatic carboxylic acids is 1. The molecule has 6 heteroatoms. The third-order valence-electron chi connectivity index (χ3n) is 2.60. The first-order valence-electron chi connectivity index (χ1n) is 5.67. The Balaban J connectivity index is 2.16. The van der Waals surface area contributed by atoms with E-state index in [2.05, 4.69) is 4.98 Å². The van der Waals surface area contributed by atoms with Crippen LogP contribution in [0.1, 0.15) is 11.3 Å². The van der Waals surface area contributed by atoms with E-state index in [1.54, 1.807) is 6.20 Å². The number of carboxylic acids is 1. The first-order valence-corrected chi connectivity index (χ1v) is 7.04. The molecule has 100 valence electrons. The van der Waals surface area contributed by atoms with Gasteiger partial charge in [0, 0.05) is 23.5 Å². The van der Waals surface area contributed by atoms with E-state index in [4.69, 9.17) is 16.7 Å². The number of imidazole rings is 1. The fraction of sp³-hybridized carbons (Fsp3) is 0.231. The SMILES string of the molecule is Cc1cnc(SCC(=O)O)n1Cc1ccc(Cl)cc1. The predicted molar refractivity (Wildman–Crippen MR) is 75.9 cm³/mol. The van der Waals surface area contributed by atoms with Gasteiger partial charge in [-0.15, -0.1) is 0 Å². The number of hydrogen-bond acceptors (Lipinski definition) is 3. The van der Waals surface area contributed by atoms with Crippen molar-refractivity contribution in [2.45, 2.75) is 18.6 Å². The molecule has 0 aliphatic carbocycles. The van der Waals surface area contributed by atoms with Gasteiger partial charge in [0.2, 0.25) is 0 Å². The minimum atomic E-state index is -0.844. The fourth-order valence-corrected chi connectivity index (χ4v) is 2.52. The van der Waals surface area contributed by atoms with Gasteiger partial charge in [0.15, 0.2) is 5.16 Å². The molecule has 4 nitrogen and oxygen atoms in total. The number of carboxylic acid groups (broad SMARTS) is 1. The lowest BCUT2D eigenvalue weighted by molar-refractivity contribution is -0.133. The molecule has 1 heterocycles. The summed E-state index contributed by atoms with van der Waals surface area (Å²) < 4.78 is 2.00. The van der Waals surface area contributed by atoms with E-state index in [0.29, 0.717) is 11.6 Å². The van der Waals surface area contributed by atoms with Crippen molar-refractivity contribution in [2.24, 2.45) is 0 Å². The Hall–Kier alpha value is -1.46. The van der Waals surface area contributed by atoms with E-state index in [-0.39, 0.29) is 5.75 Å². The second-order valence-corrected chi connectivity index (χ2v) is 5.46. The van der Waals surface area contributed by atoms with Crippen molar-refractivity contribution in [3.05, 3.63) is 46.7 Å². The standard InChI is InChI=1S/C13H13ClN2O2S/c1-9-6-15-13(19-8-12(17)18)16(9)7-10-2-4-11(14)5-3-10/h2-6H,7-8H2,1H3,(H,17,18). The normalized spacial score (nSPS) is 10.6. The van der Waals surface area contributed by atoms with Crippen LogP contribution in [0.15, 0.2) is 35.6 Å². The topological polar surface area (TPSA) is 55.1 Å². The molecular formula is C13H13ClN2O2S. The molecule has 2 rings (SSSR count). The van der Waals surface area contributed by atoms with Crippen molar-refractivity contribution in [1.82, 2.24) is 9.55 Å². The molecule has 1 aromatic carbocycles. The lowest BCUT2D eigenvalue weighted by Gasteiger charge is -2.09. The smallest absolute Gasteiger partial charge is 0.313 e. The van der Waals surface area contributed by atoms with Gasteiger partial charge in [-0.1, -0.05) is 35.5 Å². The van der Waals surface area contributed by atoms with Crippen LogP contribution in [0, 0.1) is 6.92 Å². The largest absolute Gasteiger partial charge is 0.481 e. The van der Waals surface area contributed by atoms with Gasteiger partial charge >= 0.3 is 5.97 Å². The Kier molecular flexibility index (Phi) is 4.50. The minimum Gasteiger partial charge on any atom is -0.481 e. The number of halogens is 1. The zero-order chi connectivity index (χ0) is 13.8. The maximum atomic E-state index is 10.6. The second-order valence-electron chi connectivity index (χ2n) is 4.08. The fourth-order valence-electron chi connectivity index (χ4n) is 1.65. The third kappa shape index (κ3) is 3.75. The Morgan fingerprint density at radius 2 is 2.11 bits per heavy atom. The van der Waals surface area contributed by atoms with E-state index < -0.39 is 5.97 Å². The molecule has 0 unspecified atom stereocenters. The van der Waals surface area contributed by atoms with E-state index in [1.165, 1.54) is 11.8 Å². The van der Waals surface area contributed by atoms with E-state index in [0.717, 1.165) is 16.4 Å². The maximum absolute atomic E-state index is 10.6. The van der Waals surface area contributed by atoms with Crippen LogP contribution in [-0.4, -0.2) is 26.4 Å². The molecule has 0 aliphatic heterocycles. The number of nitrogens with zero attached hydrogens (tertiary/aromatic N) is 2. The van der Waals surface area contributed by atoms with Crippen molar-refractivity contribution in [1.29, 1.82) is 0 Å². The summed E-state index contributed by atoms with van der Waals surface area (Å²) in [4.78, 5) is 14.9. The Morgan fingerprint density at radius 3 is 2.74 bits per heavy atom. The summed E-state index contributed by atoms with van der Waals surface area (Å²) >= 11 is 7.08. The van der Waals surface area contributed by atoms with Gasteiger partial charge in [-0.2, -0.15) is 0 Å². The summed E-state index contributed by atoms with van der Waals surface area (Å²) in [6.45, 7) is 2.61. The third-order valence-corrected chi connectivity index (χ3v) is 3.82. The van der Waals surface area contributed by atoms with Crippen LogP contribution in [0.4, 0.5) is 0 Å². The van der Waals surface area contributed by atoms with Gasteiger partial charge in [-0.3, -0.25) is 4.79 Å². The van der Waals surface area contributed by atoms with E-state index >= 15 is 0 Å². The van der Waals surface area contributed by atoms with Crippen molar-refractivity contribution in [3.63, 3.8) is 0 Å². The van der Waals surface area contributed by atoms with Gasteiger partial charge in [0.1, 0.15) is 0 Å². The van der Waals surface area contributed by atoms with Gasteiger partial charge < -0.3 is 9.67 Å². The van der Waals surface area contributed by atoms with Gasteiger partial charge in [0.25, 0.3) is 0 Å². The maximum Gasteiger partial charge on any atom is 0.313 e. The molecule has 0 fully saturated rings. The quantitative estimate of drug-likeness (QED) is 0.862.